The molecule has 0 unspecified atom stereocenters. The fourth-order valence-electron chi connectivity index (χ4n) is 3.37. The summed E-state index contributed by atoms with van der Waals surface area (Å²) >= 11 is 0. The lowest BCUT2D eigenvalue weighted by molar-refractivity contribution is 0.0730. The van der Waals surface area contributed by atoms with Crippen molar-refractivity contribution in [3.05, 3.63) is 59.9 Å². The Balaban J connectivity index is 1.65. The number of aliphatic hydroxyl groups excluding tert-OH is 1. The molecular weight excluding hydrogens is 330 g/mol. The molecule has 1 fully saturated rings. The first-order valence-corrected chi connectivity index (χ1v) is 8.86. The lowest BCUT2D eigenvalue weighted by Gasteiger charge is -2.38. The van der Waals surface area contributed by atoms with E-state index in [-0.39, 0.29) is 24.5 Å². The van der Waals surface area contributed by atoms with Gasteiger partial charge in [0.15, 0.2) is 0 Å². The van der Waals surface area contributed by atoms with Gasteiger partial charge in [0.1, 0.15) is 5.75 Å². The summed E-state index contributed by atoms with van der Waals surface area (Å²) in [5.41, 5.74) is 1.71. The number of aliphatic hydroxyl groups is 1. The third kappa shape index (κ3) is 4.59. The summed E-state index contributed by atoms with van der Waals surface area (Å²) < 4.78 is 5.29. The van der Waals surface area contributed by atoms with Gasteiger partial charge in [-0.25, -0.2) is 0 Å². The lowest BCUT2D eigenvalue weighted by atomic mass is 9.91. The minimum Gasteiger partial charge on any atom is -0.497 e. The smallest absolute Gasteiger partial charge is 0.253 e. The molecule has 138 valence electrons. The number of likely N-dealkylation sites (tertiary alicyclic amines) is 1. The predicted octanol–water partition coefficient (Wildman–Crippen LogP) is 1.70. The molecule has 2 heterocycles. The van der Waals surface area contributed by atoms with Crippen molar-refractivity contribution in [3.63, 3.8) is 0 Å². The van der Waals surface area contributed by atoms with Gasteiger partial charge in [-0.15, -0.1) is 0 Å². The number of aromatic nitrogens is 1. The molecule has 2 N–H and O–H groups in total. The number of nitrogens with one attached hydrogen (secondary N) is 1. The number of hydrogen-bond acceptors (Lipinski definition) is 5. The molecule has 26 heavy (non-hydrogen) atoms. The average Bonchev–Trinajstić information content (AvgIpc) is 2.69. The van der Waals surface area contributed by atoms with Crippen LogP contribution in [0.5, 0.6) is 5.75 Å². The maximum absolute atomic E-state index is 12.5. The fraction of sp³-hybridized carbons (Fsp3) is 0.400. The Morgan fingerprint density at radius 3 is 3.00 bits per heavy atom. The number of rotatable bonds is 6. The second kappa shape index (κ2) is 8.78. The van der Waals surface area contributed by atoms with Gasteiger partial charge >= 0.3 is 0 Å². The Kier molecular flexibility index (Phi) is 6.20. The van der Waals surface area contributed by atoms with Gasteiger partial charge in [-0.3, -0.25) is 14.7 Å². The van der Waals surface area contributed by atoms with Gasteiger partial charge in [0.2, 0.25) is 0 Å². The Morgan fingerprint density at radius 2 is 2.27 bits per heavy atom. The first-order valence-electron chi connectivity index (χ1n) is 8.86. The molecule has 2 aromatic rings. The Bertz CT molecular complexity index is 723. The zero-order chi connectivity index (χ0) is 18.4. The highest BCUT2D eigenvalue weighted by Crippen LogP contribution is 2.21. The summed E-state index contributed by atoms with van der Waals surface area (Å²) in [6.45, 7) is 2.45. The highest BCUT2D eigenvalue weighted by molar-refractivity contribution is 5.94. The zero-order valence-corrected chi connectivity index (χ0v) is 15.0. The van der Waals surface area contributed by atoms with Crippen molar-refractivity contribution in [3.8, 4) is 5.75 Å². The summed E-state index contributed by atoms with van der Waals surface area (Å²) in [5, 5.41) is 12.8. The van der Waals surface area contributed by atoms with Crippen LogP contribution in [0.4, 0.5) is 0 Å². The van der Waals surface area contributed by atoms with Crippen LogP contribution in [0.3, 0.4) is 0 Å². The minimum absolute atomic E-state index is 0.0668. The standard InChI is InChI=1S/C20H25N3O3/c1-26-18-6-2-4-15(10-18)12-23-9-7-17(14-24)19(13-23)22-20(25)16-5-3-8-21-11-16/h2-6,8,10-11,17,19,24H,7,9,12-14H2,1H3,(H,22,25)/t17-,19-/m1/s1. The maximum atomic E-state index is 12.5. The molecule has 1 aromatic heterocycles. The molecule has 2 atom stereocenters. The molecule has 3 rings (SSSR count). The van der Waals surface area contributed by atoms with Crippen molar-refractivity contribution >= 4 is 5.91 Å². The average molecular weight is 355 g/mol. The monoisotopic (exact) mass is 355 g/mol. The van der Waals surface area contributed by atoms with Crippen LogP contribution in [0.25, 0.3) is 0 Å². The van der Waals surface area contributed by atoms with Gasteiger partial charge in [-0.05, 0) is 42.8 Å². The third-order valence-electron chi connectivity index (χ3n) is 4.86. The van der Waals surface area contributed by atoms with E-state index in [0.29, 0.717) is 12.1 Å². The number of hydrogen-bond donors (Lipinski definition) is 2. The van der Waals surface area contributed by atoms with Gasteiger partial charge in [-0.2, -0.15) is 0 Å². The van der Waals surface area contributed by atoms with E-state index in [0.717, 1.165) is 25.3 Å². The summed E-state index contributed by atoms with van der Waals surface area (Å²) in [6, 6.07) is 11.4. The van der Waals surface area contributed by atoms with Crippen molar-refractivity contribution in [1.29, 1.82) is 0 Å². The van der Waals surface area contributed by atoms with E-state index >= 15 is 0 Å². The molecule has 6 nitrogen and oxygen atoms in total. The van der Waals surface area contributed by atoms with E-state index in [9.17, 15) is 9.90 Å². The van der Waals surface area contributed by atoms with Crippen molar-refractivity contribution in [1.82, 2.24) is 15.2 Å². The molecule has 1 aliphatic heterocycles. The number of benzene rings is 1. The number of pyridine rings is 1. The number of ether oxygens (including phenoxy) is 1. The number of methoxy groups -OCH3 is 1. The van der Waals surface area contributed by atoms with Gasteiger partial charge in [0, 0.05) is 44.0 Å². The Morgan fingerprint density at radius 1 is 1.38 bits per heavy atom. The number of piperidine rings is 1. The first kappa shape index (κ1) is 18.4. The van der Waals surface area contributed by atoms with E-state index in [1.54, 1.807) is 31.6 Å². The molecule has 0 bridgehead atoms. The van der Waals surface area contributed by atoms with Gasteiger partial charge < -0.3 is 15.2 Å². The zero-order valence-electron chi connectivity index (χ0n) is 15.0. The van der Waals surface area contributed by atoms with Gasteiger partial charge in [0.25, 0.3) is 5.91 Å². The molecule has 6 heteroatoms. The van der Waals surface area contributed by atoms with E-state index in [4.69, 9.17) is 4.74 Å². The van der Waals surface area contributed by atoms with Crippen LogP contribution in [-0.4, -0.2) is 53.7 Å². The van der Waals surface area contributed by atoms with Gasteiger partial charge in [-0.1, -0.05) is 12.1 Å². The van der Waals surface area contributed by atoms with E-state index < -0.39 is 0 Å². The first-order chi connectivity index (χ1) is 12.7. The van der Waals surface area contributed by atoms with Crippen LogP contribution >= 0.6 is 0 Å². The van der Waals surface area contributed by atoms with E-state index in [2.05, 4.69) is 21.3 Å². The Hall–Kier alpha value is -2.44. The number of carbonyl (C=O) groups excluding carboxylic acids is 1. The third-order valence-corrected chi connectivity index (χ3v) is 4.86. The van der Waals surface area contributed by atoms with Crippen LogP contribution in [0.2, 0.25) is 0 Å². The number of amides is 1. The highest BCUT2D eigenvalue weighted by atomic mass is 16.5. The quantitative estimate of drug-likeness (QED) is 0.825. The summed E-state index contributed by atoms with van der Waals surface area (Å²) in [4.78, 5) is 18.7. The summed E-state index contributed by atoms with van der Waals surface area (Å²) in [6.07, 6.45) is 4.04. The second-order valence-electron chi connectivity index (χ2n) is 6.64. The molecule has 1 amide bonds. The predicted molar refractivity (Wildman–Crippen MR) is 99.0 cm³/mol. The molecule has 0 radical (unpaired) electrons. The molecule has 1 aromatic carbocycles. The normalized spacial score (nSPS) is 20.5. The van der Waals surface area contributed by atoms with Crippen LogP contribution in [-0.2, 0) is 6.54 Å². The maximum Gasteiger partial charge on any atom is 0.253 e. The van der Waals surface area contributed by atoms with Crippen molar-refractivity contribution in [2.24, 2.45) is 5.92 Å². The van der Waals surface area contributed by atoms with Gasteiger partial charge in [0.05, 0.1) is 12.7 Å². The SMILES string of the molecule is COc1cccc(CN2CC[C@H](CO)[C@H](NC(=O)c3cccnc3)C2)c1. The topological polar surface area (TPSA) is 74.7 Å². The summed E-state index contributed by atoms with van der Waals surface area (Å²) in [5.74, 6) is 0.760. The van der Waals surface area contributed by atoms with Crippen molar-refractivity contribution in [2.75, 3.05) is 26.8 Å². The number of nitrogens with zero attached hydrogens (tertiary/aromatic N) is 2. The molecule has 1 aliphatic rings. The van der Waals surface area contributed by atoms with Crippen molar-refractivity contribution in [2.45, 2.75) is 19.0 Å². The van der Waals surface area contributed by atoms with Crippen LogP contribution in [0.1, 0.15) is 22.3 Å². The van der Waals surface area contributed by atoms with Crippen LogP contribution < -0.4 is 10.1 Å². The van der Waals surface area contributed by atoms with E-state index in [1.807, 2.05) is 18.2 Å². The van der Waals surface area contributed by atoms with Crippen LogP contribution in [0.15, 0.2) is 48.8 Å². The van der Waals surface area contributed by atoms with Crippen molar-refractivity contribution < 1.29 is 14.6 Å². The second-order valence-corrected chi connectivity index (χ2v) is 6.64. The highest BCUT2D eigenvalue weighted by Gasteiger charge is 2.30. The molecule has 0 spiro atoms. The molecule has 1 saturated heterocycles. The molecular formula is C20H25N3O3. The Labute approximate surface area is 153 Å². The lowest BCUT2D eigenvalue weighted by Crippen LogP contribution is -2.53. The largest absolute Gasteiger partial charge is 0.497 e. The molecule has 0 saturated carbocycles. The summed E-state index contributed by atoms with van der Waals surface area (Å²) in [7, 11) is 1.66. The molecule has 0 aliphatic carbocycles. The van der Waals surface area contributed by atoms with E-state index in [1.165, 1.54) is 5.56 Å². The van der Waals surface area contributed by atoms with Crippen LogP contribution in [0, 0.1) is 5.92 Å². The fourth-order valence-corrected chi connectivity index (χ4v) is 3.37. The number of carbonyl (C=O) groups is 1. The minimum atomic E-state index is -0.148.